The van der Waals surface area contributed by atoms with Gasteiger partial charge in [-0.2, -0.15) is 8.42 Å². The second-order valence-electron chi connectivity index (χ2n) is 6.79. The third-order valence-electron chi connectivity index (χ3n) is 4.58. The lowest BCUT2D eigenvalue weighted by Gasteiger charge is -2.46. The Morgan fingerprint density at radius 1 is 1.00 bits per heavy atom. The number of aliphatic hydroxyl groups is 6. The third-order valence-corrected chi connectivity index (χ3v) is 5.02. The summed E-state index contributed by atoms with van der Waals surface area (Å²) in [7, 11) is -4.94. The molecule has 8 N–H and O–H groups in total. The van der Waals surface area contributed by atoms with E-state index in [1.807, 2.05) is 0 Å². The number of hydrogen-bond donors (Lipinski definition) is 8. The largest absolute Gasteiger partial charge is 0.397 e. The first-order valence-corrected chi connectivity index (χ1v) is 10.1. The standard InChI is InChI=1S/C14H25NO14S/c1-4(17)15-7-9(19)12(6(27-13(7)22)3-26-30(23,24)25)29-14-11(21)10(20)8(18)5(2-16)28-14/h5-14,16,18-22H,2-3H2,1H3,(H,15,17)(H,23,24,25)/i2+1,5+1,8+1,10+1,11+1,14+1. The number of hydrogen-bond acceptors (Lipinski definition) is 13. The van der Waals surface area contributed by atoms with Crippen molar-refractivity contribution in [3.05, 3.63) is 0 Å². The summed E-state index contributed by atoms with van der Waals surface area (Å²) in [6.45, 7) is -0.640. The van der Waals surface area contributed by atoms with Crippen molar-refractivity contribution < 1.29 is 66.8 Å². The molecular formula is C14H25NO14S. The summed E-state index contributed by atoms with van der Waals surface area (Å²) < 4.78 is 50.3. The van der Waals surface area contributed by atoms with E-state index in [2.05, 4.69) is 9.50 Å². The molecule has 2 saturated heterocycles. The monoisotopic (exact) mass is 469 g/mol. The van der Waals surface area contributed by atoms with Gasteiger partial charge in [-0.3, -0.25) is 9.35 Å². The van der Waals surface area contributed by atoms with Crippen molar-refractivity contribution >= 4 is 16.3 Å². The van der Waals surface area contributed by atoms with Gasteiger partial charge in [0.2, 0.25) is 5.91 Å². The van der Waals surface area contributed by atoms with Gasteiger partial charge in [0.1, 0.15) is 48.8 Å². The SMILES string of the molecule is CC(=O)NC1C(O)OC(COS(=O)(=O)O)C(O[13CH]2O[13CH]([13CH2]O)[13CH](O)[13CH](O)[13CH]2O)C1O. The average Bonchev–Trinajstić information content (AvgIpc) is 2.65. The number of nitrogens with one attached hydrogen (secondary N) is 1. The van der Waals surface area contributed by atoms with Crippen LogP contribution in [0.25, 0.3) is 0 Å². The smallest absolute Gasteiger partial charge is 0.394 e. The van der Waals surface area contributed by atoms with E-state index >= 15 is 0 Å². The highest BCUT2D eigenvalue weighted by Gasteiger charge is 2.51. The Balaban J connectivity index is 2.25. The quantitative estimate of drug-likeness (QED) is 0.128. The van der Waals surface area contributed by atoms with Crippen LogP contribution < -0.4 is 5.32 Å². The number of aliphatic hydroxyl groups excluding tert-OH is 6. The van der Waals surface area contributed by atoms with E-state index in [4.69, 9.17) is 18.8 Å². The number of rotatable bonds is 7. The maximum atomic E-state index is 11.3. The van der Waals surface area contributed by atoms with Crippen LogP contribution in [0.2, 0.25) is 0 Å². The minimum absolute atomic E-state index is 0.666. The van der Waals surface area contributed by atoms with Crippen LogP contribution in [0.15, 0.2) is 0 Å². The Bertz CT molecular complexity index is 688. The summed E-state index contributed by atoms with van der Waals surface area (Å²) in [5.41, 5.74) is 0. The minimum Gasteiger partial charge on any atom is -0.394 e. The predicted octanol–water partition coefficient (Wildman–Crippen LogP) is -5.43. The van der Waals surface area contributed by atoms with E-state index in [-0.39, 0.29) is 0 Å². The van der Waals surface area contributed by atoms with Gasteiger partial charge in [0.05, 0.1) is 13.2 Å². The van der Waals surface area contributed by atoms with Gasteiger partial charge in [-0.1, -0.05) is 0 Å². The van der Waals surface area contributed by atoms with Crippen molar-refractivity contribution in [1.82, 2.24) is 5.32 Å². The summed E-state index contributed by atoms with van der Waals surface area (Å²) in [4.78, 5) is 11.3. The molecule has 2 rings (SSSR count). The van der Waals surface area contributed by atoms with Crippen LogP contribution in [-0.4, -0.2) is 124 Å². The molecule has 30 heavy (non-hydrogen) atoms. The Kier molecular flexibility index (Phi) is 8.47. The molecule has 0 aromatic rings. The minimum atomic E-state index is -4.94. The first-order chi connectivity index (χ1) is 13.9. The molecule has 10 atom stereocenters. The van der Waals surface area contributed by atoms with Gasteiger partial charge in [0, 0.05) is 6.92 Å². The molecule has 0 spiro atoms. The molecule has 0 aromatic carbocycles. The van der Waals surface area contributed by atoms with Crippen LogP contribution in [-0.2, 0) is 33.6 Å². The molecule has 0 saturated carbocycles. The van der Waals surface area contributed by atoms with E-state index < -0.39 is 90.9 Å². The van der Waals surface area contributed by atoms with Gasteiger partial charge in [-0.25, -0.2) is 4.18 Å². The summed E-state index contributed by atoms with van der Waals surface area (Å²) in [5, 5.41) is 61.8. The highest BCUT2D eigenvalue weighted by Crippen LogP contribution is 2.29. The Hall–Kier alpha value is -1.02. The highest BCUT2D eigenvalue weighted by molar-refractivity contribution is 7.80. The van der Waals surface area contributed by atoms with Crippen LogP contribution in [0, 0.1) is 0 Å². The molecule has 1 amide bonds. The van der Waals surface area contributed by atoms with Gasteiger partial charge in [0.15, 0.2) is 12.6 Å². The molecule has 0 aromatic heterocycles. The second-order valence-corrected chi connectivity index (χ2v) is 7.88. The summed E-state index contributed by atoms with van der Waals surface area (Å²) >= 11 is 0. The first-order valence-electron chi connectivity index (χ1n) is 8.72. The fourth-order valence-electron chi connectivity index (χ4n) is 3.12. The zero-order valence-electron chi connectivity index (χ0n) is 15.6. The third kappa shape index (κ3) is 6.02. The first kappa shape index (κ1) is 25.2. The zero-order chi connectivity index (χ0) is 22.8. The number of carbonyl (C=O) groups is 1. The highest BCUT2D eigenvalue weighted by atomic mass is 32.3. The molecule has 0 bridgehead atoms. The molecule has 16 heteroatoms. The van der Waals surface area contributed by atoms with Gasteiger partial charge in [-0.05, 0) is 0 Å². The summed E-state index contributed by atoms with van der Waals surface area (Å²) in [6, 6.07) is -1.46. The van der Waals surface area contributed by atoms with Gasteiger partial charge in [-0.15, -0.1) is 0 Å². The Labute approximate surface area is 170 Å². The van der Waals surface area contributed by atoms with Crippen LogP contribution in [0.4, 0.5) is 0 Å². The van der Waals surface area contributed by atoms with Crippen LogP contribution in [0.1, 0.15) is 6.92 Å². The number of ether oxygens (including phenoxy) is 3. The van der Waals surface area contributed by atoms with E-state index in [0.717, 1.165) is 6.92 Å². The van der Waals surface area contributed by atoms with Crippen molar-refractivity contribution in [3.8, 4) is 0 Å². The van der Waals surface area contributed by atoms with Gasteiger partial charge < -0.3 is 50.2 Å². The normalized spacial score (nSPS) is 42.7. The summed E-state index contributed by atoms with van der Waals surface area (Å²) in [6.07, 6.45) is -15.3. The molecule has 2 aliphatic heterocycles. The molecule has 2 heterocycles. The second kappa shape index (κ2) is 10.1. The summed E-state index contributed by atoms with van der Waals surface area (Å²) in [5.74, 6) is -0.666. The molecule has 15 nitrogen and oxygen atoms in total. The lowest BCUT2D eigenvalue weighted by Crippen LogP contribution is -2.67. The van der Waals surface area contributed by atoms with Gasteiger partial charge >= 0.3 is 10.4 Å². The molecule has 10 unspecified atom stereocenters. The van der Waals surface area contributed by atoms with E-state index in [9.17, 15) is 43.9 Å². The maximum Gasteiger partial charge on any atom is 0.397 e. The average molecular weight is 469 g/mol. The molecular weight excluding hydrogens is 444 g/mol. The maximum absolute atomic E-state index is 11.3. The predicted molar refractivity (Wildman–Crippen MR) is 90.6 cm³/mol. The van der Waals surface area contributed by atoms with Crippen LogP contribution >= 0.6 is 0 Å². The number of carbonyl (C=O) groups excluding carboxylic acids is 1. The lowest BCUT2D eigenvalue weighted by molar-refractivity contribution is -0.344. The van der Waals surface area contributed by atoms with Crippen LogP contribution in [0.5, 0.6) is 0 Å². The number of amides is 1. The van der Waals surface area contributed by atoms with Crippen molar-refractivity contribution in [2.45, 2.75) is 68.3 Å². The van der Waals surface area contributed by atoms with Crippen molar-refractivity contribution in [2.24, 2.45) is 0 Å². The Morgan fingerprint density at radius 2 is 1.63 bits per heavy atom. The molecule has 176 valence electrons. The van der Waals surface area contributed by atoms with Gasteiger partial charge in [0.25, 0.3) is 0 Å². The zero-order valence-corrected chi connectivity index (χ0v) is 16.4. The van der Waals surface area contributed by atoms with Crippen molar-refractivity contribution in [2.75, 3.05) is 13.2 Å². The molecule has 0 aliphatic carbocycles. The molecule has 2 fully saturated rings. The fourth-order valence-corrected chi connectivity index (χ4v) is 3.42. The van der Waals surface area contributed by atoms with E-state index in [1.165, 1.54) is 0 Å². The van der Waals surface area contributed by atoms with Crippen molar-refractivity contribution in [1.29, 1.82) is 0 Å². The van der Waals surface area contributed by atoms with Crippen molar-refractivity contribution in [3.63, 3.8) is 0 Å². The topological polar surface area (TPSA) is 242 Å². The Morgan fingerprint density at radius 3 is 2.17 bits per heavy atom. The van der Waals surface area contributed by atoms with E-state index in [0.29, 0.717) is 0 Å². The van der Waals surface area contributed by atoms with E-state index in [1.54, 1.807) is 0 Å². The fraction of sp³-hybridized carbons (Fsp3) is 0.929. The van der Waals surface area contributed by atoms with Crippen LogP contribution in [0.3, 0.4) is 0 Å². The molecule has 0 radical (unpaired) electrons. The molecule has 2 aliphatic rings. The lowest BCUT2D eigenvalue weighted by atomic mass is 9.97.